The Morgan fingerprint density at radius 2 is 1.90 bits per heavy atom. The molecule has 2 aliphatic rings. The highest BCUT2D eigenvalue weighted by Crippen LogP contribution is 2.27. The van der Waals surface area contributed by atoms with Gasteiger partial charge in [-0.1, -0.05) is 12.1 Å². The number of aromatic amines is 1. The number of hydrogen-bond acceptors (Lipinski definition) is 3. The lowest BCUT2D eigenvalue weighted by molar-refractivity contribution is 0.163. The van der Waals surface area contributed by atoms with E-state index in [-0.39, 0.29) is 0 Å². The van der Waals surface area contributed by atoms with Gasteiger partial charge in [-0.3, -0.25) is 4.90 Å². The molecule has 4 heteroatoms. The summed E-state index contributed by atoms with van der Waals surface area (Å²) in [6.07, 6.45) is 5.29. The number of para-hydroxylation sites is 2. The van der Waals surface area contributed by atoms with Crippen LogP contribution in [-0.4, -0.2) is 46.6 Å². The number of imidazole rings is 1. The van der Waals surface area contributed by atoms with Gasteiger partial charge in [0.2, 0.25) is 5.95 Å². The number of piperidine rings is 1. The van der Waals surface area contributed by atoms with Crippen molar-refractivity contribution in [2.75, 3.05) is 24.5 Å². The van der Waals surface area contributed by atoms with Gasteiger partial charge in [-0.2, -0.15) is 0 Å². The molecule has 3 heterocycles. The number of likely N-dealkylation sites (tertiary alicyclic amines) is 1. The highest BCUT2D eigenvalue weighted by molar-refractivity contribution is 5.77. The lowest BCUT2D eigenvalue weighted by Gasteiger charge is -2.38. The summed E-state index contributed by atoms with van der Waals surface area (Å²) in [5, 5.41) is 0. The van der Waals surface area contributed by atoms with Gasteiger partial charge in [0, 0.05) is 25.2 Å². The zero-order valence-electron chi connectivity index (χ0n) is 12.8. The summed E-state index contributed by atoms with van der Waals surface area (Å²) in [5.41, 5.74) is 2.21. The molecule has 112 valence electrons. The monoisotopic (exact) mass is 284 g/mol. The molecule has 2 fully saturated rings. The van der Waals surface area contributed by atoms with Crippen LogP contribution in [0.2, 0.25) is 0 Å². The number of rotatable bonds is 2. The van der Waals surface area contributed by atoms with Crippen LogP contribution in [0, 0.1) is 0 Å². The fourth-order valence-electron chi connectivity index (χ4n) is 4.00. The normalized spacial score (nSPS) is 25.0. The van der Waals surface area contributed by atoms with Crippen molar-refractivity contribution in [2.45, 2.75) is 44.7 Å². The smallest absolute Gasteiger partial charge is 0.203 e. The fraction of sp³-hybridized carbons (Fsp3) is 0.588. The van der Waals surface area contributed by atoms with Crippen LogP contribution in [0.25, 0.3) is 11.0 Å². The Kier molecular flexibility index (Phi) is 3.34. The predicted molar refractivity (Wildman–Crippen MR) is 86.7 cm³/mol. The number of benzene rings is 1. The van der Waals surface area contributed by atoms with Gasteiger partial charge < -0.3 is 9.88 Å². The second-order valence-corrected chi connectivity index (χ2v) is 6.52. The van der Waals surface area contributed by atoms with Crippen molar-refractivity contribution in [3.63, 3.8) is 0 Å². The molecule has 1 unspecified atom stereocenters. The fourth-order valence-corrected chi connectivity index (χ4v) is 4.00. The summed E-state index contributed by atoms with van der Waals surface area (Å²) in [7, 11) is 0. The van der Waals surface area contributed by atoms with Crippen molar-refractivity contribution in [2.24, 2.45) is 0 Å². The van der Waals surface area contributed by atoms with Crippen LogP contribution >= 0.6 is 0 Å². The molecule has 0 saturated carbocycles. The molecule has 0 amide bonds. The van der Waals surface area contributed by atoms with E-state index in [2.05, 4.69) is 39.9 Å². The van der Waals surface area contributed by atoms with E-state index in [1.54, 1.807) is 0 Å². The molecule has 0 radical (unpaired) electrons. The zero-order chi connectivity index (χ0) is 14.2. The third-order valence-electron chi connectivity index (χ3n) is 5.21. The molecule has 4 rings (SSSR count). The number of anilines is 1. The van der Waals surface area contributed by atoms with Crippen LogP contribution in [0.15, 0.2) is 24.3 Å². The first-order valence-corrected chi connectivity index (χ1v) is 8.27. The van der Waals surface area contributed by atoms with E-state index in [9.17, 15) is 0 Å². The molecule has 2 aromatic rings. The Morgan fingerprint density at radius 3 is 2.62 bits per heavy atom. The first-order valence-electron chi connectivity index (χ1n) is 8.27. The minimum absolute atomic E-state index is 0.781. The molecule has 4 nitrogen and oxygen atoms in total. The lowest BCUT2D eigenvalue weighted by atomic mass is 10.0. The van der Waals surface area contributed by atoms with Gasteiger partial charge in [-0.05, 0) is 51.3 Å². The van der Waals surface area contributed by atoms with Gasteiger partial charge in [0.05, 0.1) is 11.0 Å². The summed E-state index contributed by atoms with van der Waals surface area (Å²) >= 11 is 0. The number of H-pyrrole nitrogens is 1. The van der Waals surface area contributed by atoms with Crippen LogP contribution in [0.4, 0.5) is 5.95 Å². The third kappa shape index (κ3) is 2.42. The van der Waals surface area contributed by atoms with Crippen molar-refractivity contribution in [3.05, 3.63) is 24.3 Å². The van der Waals surface area contributed by atoms with Gasteiger partial charge in [-0.25, -0.2) is 4.98 Å². The van der Waals surface area contributed by atoms with Crippen molar-refractivity contribution < 1.29 is 0 Å². The second kappa shape index (κ2) is 5.34. The first-order chi connectivity index (χ1) is 10.3. The minimum Gasteiger partial charge on any atom is -0.342 e. The van der Waals surface area contributed by atoms with Crippen LogP contribution in [0.3, 0.4) is 0 Å². The Bertz CT molecular complexity index is 579. The molecule has 0 bridgehead atoms. The first kappa shape index (κ1) is 13.1. The number of fused-ring (bicyclic) bond motifs is 1. The maximum absolute atomic E-state index is 4.73. The second-order valence-electron chi connectivity index (χ2n) is 6.52. The van der Waals surface area contributed by atoms with Crippen LogP contribution < -0.4 is 4.90 Å². The van der Waals surface area contributed by atoms with Crippen molar-refractivity contribution in [1.82, 2.24) is 14.9 Å². The van der Waals surface area contributed by atoms with E-state index in [0.29, 0.717) is 0 Å². The lowest BCUT2D eigenvalue weighted by Crippen LogP contribution is -2.46. The molecule has 0 spiro atoms. The SMILES string of the molecule is CC1CCCN1C1CCN(c2nc3ccccc3[nH]2)CC1. The zero-order valence-corrected chi connectivity index (χ0v) is 12.8. The topological polar surface area (TPSA) is 35.2 Å². The largest absolute Gasteiger partial charge is 0.342 e. The molecule has 2 aliphatic heterocycles. The molecule has 1 aromatic carbocycles. The number of nitrogens with one attached hydrogen (secondary N) is 1. The molecule has 0 aliphatic carbocycles. The van der Waals surface area contributed by atoms with Crippen molar-refractivity contribution in [1.29, 1.82) is 0 Å². The van der Waals surface area contributed by atoms with E-state index < -0.39 is 0 Å². The van der Waals surface area contributed by atoms with Crippen molar-refractivity contribution in [3.8, 4) is 0 Å². The Hall–Kier alpha value is -1.55. The Balaban J connectivity index is 1.45. The van der Waals surface area contributed by atoms with Crippen LogP contribution in [0.5, 0.6) is 0 Å². The summed E-state index contributed by atoms with van der Waals surface area (Å²) in [4.78, 5) is 13.3. The van der Waals surface area contributed by atoms with E-state index in [1.807, 2.05) is 6.07 Å². The predicted octanol–water partition coefficient (Wildman–Crippen LogP) is 3.02. The van der Waals surface area contributed by atoms with E-state index in [0.717, 1.165) is 42.2 Å². The summed E-state index contributed by atoms with van der Waals surface area (Å²) in [6.45, 7) is 5.93. The summed E-state index contributed by atoms with van der Waals surface area (Å²) in [6, 6.07) is 9.86. The van der Waals surface area contributed by atoms with Gasteiger partial charge in [-0.15, -0.1) is 0 Å². The van der Waals surface area contributed by atoms with Gasteiger partial charge >= 0.3 is 0 Å². The average molecular weight is 284 g/mol. The molecule has 1 atom stereocenters. The van der Waals surface area contributed by atoms with Gasteiger partial charge in [0.15, 0.2) is 0 Å². The van der Waals surface area contributed by atoms with Crippen LogP contribution in [0.1, 0.15) is 32.6 Å². The highest BCUT2D eigenvalue weighted by Gasteiger charge is 2.31. The van der Waals surface area contributed by atoms with E-state index in [1.165, 1.54) is 32.2 Å². The molecule has 1 N–H and O–H groups in total. The number of hydrogen-bond donors (Lipinski definition) is 1. The Labute approximate surface area is 126 Å². The summed E-state index contributed by atoms with van der Waals surface area (Å²) in [5.74, 6) is 1.05. The molecule has 21 heavy (non-hydrogen) atoms. The van der Waals surface area contributed by atoms with Crippen molar-refractivity contribution >= 4 is 17.0 Å². The maximum Gasteiger partial charge on any atom is 0.203 e. The standard InChI is InChI=1S/C17H24N4/c1-13-5-4-10-21(13)14-8-11-20(12-9-14)17-18-15-6-2-3-7-16(15)19-17/h2-3,6-7,13-14H,4-5,8-12H2,1H3,(H,18,19). The van der Waals surface area contributed by atoms with Gasteiger partial charge in [0.1, 0.15) is 0 Å². The summed E-state index contributed by atoms with van der Waals surface area (Å²) < 4.78 is 0. The highest BCUT2D eigenvalue weighted by atomic mass is 15.3. The number of nitrogens with zero attached hydrogens (tertiary/aromatic N) is 3. The van der Waals surface area contributed by atoms with Crippen LogP contribution in [-0.2, 0) is 0 Å². The molecule has 1 aromatic heterocycles. The number of aromatic nitrogens is 2. The van der Waals surface area contributed by atoms with E-state index >= 15 is 0 Å². The van der Waals surface area contributed by atoms with Gasteiger partial charge in [0.25, 0.3) is 0 Å². The molecule has 2 saturated heterocycles. The quantitative estimate of drug-likeness (QED) is 0.920. The third-order valence-corrected chi connectivity index (χ3v) is 5.21. The molecular formula is C17H24N4. The molecular weight excluding hydrogens is 260 g/mol. The van der Waals surface area contributed by atoms with E-state index in [4.69, 9.17) is 4.98 Å². The Morgan fingerprint density at radius 1 is 1.10 bits per heavy atom. The average Bonchev–Trinajstić information content (AvgIpc) is 3.13. The maximum atomic E-state index is 4.73. The minimum atomic E-state index is 0.781.